The van der Waals surface area contributed by atoms with Gasteiger partial charge >= 0.3 is 0 Å². The Hall–Kier alpha value is -2.22. The molecule has 1 aromatic carbocycles. The molecule has 2 aromatic heterocycles. The van der Waals surface area contributed by atoms with Crippen molar-refractivity contribution in [2.45, 2.75) is 27.2 Å². The molecule has 0 atom stereocenters. The molecule has 27 heavy (non-hydrogen) atoms. The number of benzene rings is 1. The fourth-order valence-electron chi connectivity index (χ4n) is 2.51. The number of amides is 1. The van der Waals surface area contributed by atoms with E-state index in [1.54, 1.807) is 25.1 Å². The maximum Gasteiger partial charge on any atom is 0.259 e. The zero-order valence-corrected chi connectivity index (χ0v) is 17.1. The molecule has 2 heterocycles. The number of hydrogen-bond donors (Lipinski definition) is 2. The number of H-pyrrole nitrogens is 1. The number of fused-ring (bicyclic) bond motifs is 1. The van der Waals surface area contributed by atoms with Gasteiger partial charge in [-0.1, -0.05) is 29.3 Å². The number of rotatable bonds is 4. The van der Waals surface area contributed by atoms with Crippen LogP contribution in [0.5, 0.6) is 0 Å². The normalized spacial score (nSPS) is 11.8. The number of halogens is 2. The van der Waals surface area contributed by atoms with Gasteiger partial charge in [-0.3, -0.25) is 9.59 Å². The van der Waals surface area contributed by atoms with Crippen LogP contribution in [0.2, 0.25) is 10.0 Å². The topological polar surface area (TPSA) is 87.2 Å². The van der Waals surface area contributed by atoms with Crippen molar-refractivity contribution in [1.82, 2.24) is 15.4 Å². The van der Waals surface area contributed by atoms with Gasteiger partial charge in [-0.2, -0.15) is 5.10 Å². The highest BCUT2D eigenvalue weighted by atomic mass is 35.5. The van der Waals surface area contributed by atoms with E-state index >= 15 is 0 Å². The zero-order chi connectivity index (χ0) is 19.7. The van der Waals surface area contributed by atoms with E-state index in [-0.39, 0.29) is 17.9 Å². The highest BCUT2D eigenvalue weighted by Gasteiger charge is 2.13. The first-order chi connectivity index (χ1) is 12.8. The van der Waals surface area contributed by atoms with Crippen LogP contribution in [0.3, 0.4) is 0 Å². The van der Waals surface area contributed by atoms with Crippen molar-refractivity contribution in [1.29, 1.82) is 0 Å². The molecular formula is C18H16Cl2N4O2S. The number of hydrazone groups is 1. The third-order valence-corrected chi connectivity index (χ3v) is 5.94. The monoisotopic (exact) mass is 422 g/mol. The van der Waals surface area contributed by atoms with E-state index in [1.165, 1.54) is 11.3 Å². The number of aromatic amines is 1. The molecule has 6 nitrogen and oxygen atoms in total. The molecule has 3 rings (SSSR count). The predicted octanol–water partition coefficient (Wildman–Crippen LogP) is 3.99. The quantitative estimate of drug-likeness (QED) is 0.491. The van der Waals surface area contributed by atoms with Crippen LogP contribution in [-0.2, 0) is 11.2 Å². The minimum Gasteiger partial charge on any atom is -0.309 e. The number of aryl methyl sites for hydroxylation is 2. The van der Waals surface area contributed by atoms with E-state index < -0.39 is 0 Å². The third kappa shape index (κ3) is 4.21. The number of thiophene rings is 1. The van der Waals surface area contributed by atoms with Crippen LogP contribution in [0.1, 0.15) is 28.8 Å². The first kappa shape index (κ1) is 19.5. The Morgan fingerprint density at radius 1 is 1.30 bits per heavy atom. The molecule has 0 saturated heterocycles. The second-order valence-electron chi connectivity index (χ2n) is 6.01. The van der Waals surface area contributed by atoms with Gasteiger partial charge in [0, 0.05) is 4.88 Å². The second-order valence-corrected chi connectivity index (χ2v) is 8.03. The molecule has 140 valence electrons. The fourth-order valence-corrected chi connectivity index (χ4v) is 3.85. The summed E-state index contributed by atoms with van der Waals surface area (Å²) in [5.41, 5.74) is 4.45. The largest absolute Gasteiger partial charge is 0.309 e. The average Bonchev–Trinajstić information content (AvgIpc) is 2.89. The van der Waals surface area contributed by atoms with Crippen LogP contribution in [-0.4, -0.2) is 21.6 Å². The van der Waals surface area contributed by atoms with Gasteiger partial charge in [0.15, 0.2) is 0 Å². The third-order valence-electron chi connectivity index (χ3n) is 4.10. The lowest BCUT2D eigenvalue weighted by atomic mass is 10.1. The highest BCUT2D eigenvalue weighted by Crippen LogP contribution is 2.25. The van der Waals surface area contributed by atoms with Gasteiger partial charge in [0.1, 0.15) is 10.7 Å². The summed E-state index contributed by atoms with van der Waals surface area (Å²) >= 11 is 13.3. The maximum absolute atomic E-state index is 12.3. The predicted molar refractivity (Wildman–Crippen MR) is 110 cm³/mol. The summed E-state index contributed by atoms with van der Waals surface area (Å²) in [6, 6.07) is 5.09. The Morgan fingerprint density at radius 2 is 2.04 bits per heavy atom. The Kier molecular flexibility index (Phi) is 5.64. The summed E-state index contributed by atoms with van der Waals surface area (Å²) in [6.45, 7) is 5.56. The molecule has 0 saturated carbocycles. The lowest BCUT2D eigenvalue weighted by molar-refractivity contribution is -0.120. The van der Waals surface area contributed by atoms with Crippen LogP contribution >= 0.6 is 34.5 Å². The summed E-state index contributed by atoms with van der Waals surface area (Å²) in [7, 11) is 0. The average molecular weight is 423 g/mol. The number of aromatic nitrogens is 2. The van der Waals surface area contributed by atoms with Crippen LogP contribution in [0.25, 0.3) is 10.2 Å². The SMILES string of the molecule is C/C(=N\NC(=O)Cc1nc2sc(C)c(C)c2c(=O)[nH]1)c1ccc(Cl)c(Cl)c1. The van der Waals surface area contributed by atoms with Crippen molar-refractivity contribution in [2.75, 3.05) is 0 Å². The molecule has 9 heteroatoms. The minimum atomic E-state index is -0.387. The van der Waals surface area contributed by atoms with Crippen LogP contribution in [0, 0.1) is 13.8 Å². The second kappa shape index (κ2) is 7.80. The molecule has 2 N–H and O–H groups in total. The van der Waals surface area contributed by atoms with Gasteiger partial charge in [0.25, 0.3) is 5.56 Å². The van der Waals surface area contributed by atoms with E-state index in [4.69, 9.17) is 23.2 Å². The lowest BCUT2D eigenvalue weighted by Crippen LogP contribution is -2.24. The van der Waals surface area contributed by atoms with E-state index in [9.17, 15) is 9.59 Å². The van der Waals surface area contributed by atoms with Gasteiger partial charge in [0.05, 0.1) is 27.6 Å². The summed E-state index contributed by atoms with van der Waals surface area (Å²) < 4.78 is 0. The Bertz CT molecular complexity index is 1130. The van der Waals surface area contributed by atoms with Gasteiger partial charge < -0.3 is 4.98 Å². The summed E-state index contributed by atoms with van der Waals surface area (Å²) in [5.74, 6) is -0.0875. The van der Waals surface area contributed by atoms with Crippen molar-refractivity contribution in [3.05, 3.63) is 60.4 Å². The number of nitrogens with zero attached hydrogens (tertiary/aromatic N) is 2. The van der Waals surface area contributed by atoms with Crippen molar-refractivity contribution < 1.29 is 4.79 Å². The maximum atomic E-state index is 12.3. The molecule has 0 fully saturated rings. The molecule has 0 bridgehead atoms. The van der Waals surface area contributed by atoms with Crippen molar-refractivity contribution in [2.24, 2.45) is 5.10 Å². The lowest BCUT2D eigenvalue weighted by Gasteiger charge is -2.04. The first-order valence-corrected chi connectivity index (χ1v) is 9.61. The van der Waals surface area contributed by atoms with Gasteiger partial charge in [0.2, 0.25) is 5.91 Å². The van der Waals surface area contributed by atoms with E-state index in [1.807, 2.05) is 13.8 Å². The number of hydrogen-bond acceptors (Lipinski definition) is 5. The summed E-state index contributed by atoms with van der Waals surface area (Å²) in [4.78, 5) is 33.1. The van der Waals surface area contributed by atoms with E-state index in [2.05, 4.69) is 20.5 Å². The molecule has 0 radical (unpaired) electrons. The number of carbonyl (C=O) groups is 1. The van der Waals surface area contributed by atoms with E-state index in [0.717, 1.165) is 16.0 Å². The molecule has 0 aliphatic rings. The van der Waals surface area contributed by atoms with Crippen LogP contribution < -0.4 is 11.0 Å². The summed E-state index contributed by atoms with van der Waals surface area (Å²) in [6.07, 6.45) is -0.0840. The smallest absolute Gasteiger partial charge is 0.259 e. The number of nitrogens with one attached hydrogen (secondary N) is 2. The summed E-state index contributed by atoms with van der Waals surface area (Å²) in [5, 5.41) is 5.50. The van der Waals surface area contributed by atoms with Crippen molar-refractivity contribution in [3.63, 3.8) is 0 Å². The zero-order valence-electron chi connectivity index (χ0n) is 14.8. The Morgan fingerprint density at radius 3 is 2.74 bits per heavy atom. The Labute approximate surface area is 169 Å². The first-order valence-electron chi connectivity index (χ1n) is 8.03. The van der Waals surface area contributed by atoms with Gasteiger partial charge in [-0.05, 0) is 44.0 Å². The van der Waals surface area contributed by atoms with Gasteiger partial charge in [-0.25, -0.2) is 10.4 Å². The molecule has 1 amide bonds. The van der Waals surface area contributed by atoms with E-state index in [0.29, 0.717) is 31.8 Å². The molecule has 0 aliphatic heterocycles. The highest BCUT2D eigenvalue weighted by molar-refractivity contribution is 7.18. The fraction of sp³-hybridized carbons (Fsp3) is 0.222. The molecule has 0 aliphatic carbocycles. The van der Waals surface area contributed by atoms with Crippen LogP contribution in [0.4, 0.5) is 0 Å². The molecule has 0 unspecified atom stereocenters. The minimum absolute atomic E-state index is 0.0840. The molecule has 0 spiro atoms. The van der Waals surface area contributed by atoms with Gasteiger partial charge in [-0.15, -0.1) is 11.3 Å². The molecule has 3 aromatic rings. The van der Waals surface area contributed by atoms with Crippen LogP contribution in [0.15, 0.2) is 28.1 Å². The molecular weight excluding hydrogens is 407 g/mol. The van der Waals surface area contributed by atoms with Crippen molar-refractivity contribution >= 4 is 56.4 Å². The standard InChI is InChI=1S/C18H16Cl2N4O2S/c1-8-10(3)27-18-16(8)17(26)21-14(22-18)7-15(25)24-23-9(2)11-4-5-12(19)13(20)6-11/h4-6H,7H2,1-3H3,(H,24,25)(H,21,22,26)/b23-9+. The van der Waals surface area contributed by atoms with Crippen molar-refractivity contribution in [3.8, 4) is 0 Å². The Balaban J connectivity index is 1.74. The number of carbonyl (C=O) groups excluding carboxylic acids is 1.